The van der Waals surface area contributed by atoms with Crippen molar-refractivity contribution in [2.24, 2.45) is 0 Å². The number of hydrogen-bond acceptors (Lipinski definition) is 4. The highest BCUT2D eigenvalue weighted by molar-refractivity contribution is 6.30. The summed E-state index contributed by atoms with van der Waals surface area (Å²) in [5.74, 6) is 0.452. The summed E-state index contributed by atoms with van der Waals surface area (Å²) in [5.41, 5.74) is -0.186. The maximum Gasteiger partial charge on any atom is 0.257 e. The first-order valence-corrected chi connectivity index (χ1v) is 7.75. The first kappa shape index (κ1) is 17.1. The van der Waals surface area contributed by atoms with E-state index in [9.17, 15) is 9.90 Å². The average molecular weight is 327 g/mol. The molecule has 1 aliphatic heterocycles. The van der Waals surface area contributed by atoms with Crippen LogP contribution in [0.3, 0.4) is 0 Å². The fourth-order valence-corrected chi connectivity index (χ4v) is 2.83. The molecule has 0 unspecified atom stereocenters. The molecule has 1 aromatic carbocycles. The number of benzene rings is 1. The Bertz CT molecular complexity index is 535. The number of piperazine rings is 1. The van der Waals surface area contributed by atoms with Gasteiger partial charge in [-0.25, -0.2) is 0 Å². The molecule has 1 aliphatic rings. The van der Waals surface area contributed by atoms with Crippen LogP contribution in [0.25, 0.3) is 0 Å². The molecule has 0 saturated carbocycles. The minimum Gasteiger partial charge on any atom is -0.496 e. The van der Waals surface area contributed by atoms with E-state index >= 15 is 0 Å². The predicted molar refractivity (Wildman–Crippen MR) is 86.6 cm³/mol. The molecule has 1 aromatic rings. The Morgan fingerprint density at radius 3 is 2.50 bits per heavy atom. The molecular weight excluding hydrogens is 304 g/mol. The molecule has 6 heteroatoms. The SMILES string of the molecule is COc1cc(Cl)ccc1C(=O)N1CCN(CC(C)(C)O)CC1. The Kier molecular flexibility index (Phi) is 5.32. The number of aliphatic hydroxyl groups is 1. The number of carbonyl (C=O) groups excluding carboxylic acids is 1. The van der Waals surface area contributed by atoms with Crippen molar-refractivity contribution in [1.82, 2.24) is 9.80 Å². The van der Waals surface area contributed by atoms with E-state index < -0.39 is 5.60 Å². The van der Waals surface area contributed by atoms with Gasteiger partial charge in [0.2, 0.25) is 0 Å². The van der Waals surface area contributed by atoms with Crippen molar-refractivity contribution in [2.75, 3.05) is 39.8 Å². The molecule has 22 heavy (non-hydrogen) atoms. The van der Waals surface area contributed by atoms with Crippen LogP contribution in [0.4, 0.5) is 0 Å². The summed E-state index contributed by atoms with van der Waals surface area (Å²) in [6, 6.07) is 5.05. The van der Waals surface area contributed by atoms with Crippen LogP contribution in [-0.4, -0.2) is 66.2 Å². The molecule has 1 fully saturated rings. The maximum absolute atomic E-state index is 12.6. The van der Waals surface area contributed by atoms with E-state index in [0.717, 1.165) is 13.1 Å². The lowest BCUT2D eigenvalue weighted by molar-refractivity contribution is 0.0178. The molecule has 1 N–H and O–H groups in total. The molecule has 0 spiro atoms. The minimum atomic E-state index is -0.717. The summed E-state index contributed by atoms with van der Waals surface area (Å²) in [5, 5.41) is 10.4. The lowest BCUT2D eigenvalue weighted by Crippen LogP contribution is -2.52. The third kappa shape index (κ3) is 4.35. The van der Waals surface area contributed by atoms with Gasteiger partial charge in [-0.2, -0.15) is 0 Å². The molecule has 1 amide bonds. The molecule has 122 valence electrons. The number of β-amino-alcohol motifs (C(OH)–C–C–N with tert-alkyl or cyclic N) is 1. The Balaban J connectivity index is 2.01. The van der Waals surface area contributed by atoms with E-state index in [1.54, 1.807) is 32.0 Å². The van der Waals surface area contributed by atoms with Gasteiger partial charge in [0.05, 0.1) is 18.3 Å². The van der Waals surface area contributed by atoms with E-state index in [0.29, 0.717) is 36.0 Å². The monoisotopic (exact) mass is 326 g/mol. The molecule has 0 radical (unpaired) electrons. The first-order chi connectivity index (χ1) is 10.3. The van der Waals surface area contributed by atoms with Crippen molar-refractivity contribution >= 4 is 17.5 Å². The Morgan fingerprint density at radius 1 is 1.32 bits per heavy atom. The van der Waals surface area contributed by atoms with Gasteiger partial charge >= 0.3 is 0 Å². The van der Waals surface area contributed by atoms with Crippen LogP contribution >= 0.6 is 11.6 Å². The molecule has 1 heterocycles. The summed E-state index contributed by atoms with van der Waals surface area (Å²) in [4.78, 5) is 16.6. The van der Waals surface area contributed by atoms with Gasteiger partial charge in [-0.1, -0.05) is 11.6 Å². The smallest absolute Gasteiger partial charge is 0.257 e. The molecular formula is C16H23ClN2O3. The minimum absolute atomic E-state index is 0.0450. The van der Waals surface area contributed by atoms with Gasteiger partial charge in [-0.05, 0) is 32.0 Å². The Morgan fingerprint density at radius 2 is 1.95 bits per heavy atom. The molecule has 1 saturated heterocycles. The highest BCUT2D eigenvalue weighted by Crippen LogP contribution is 2.25. The lowest BCUT2D eigenvalue weighted by Gasteiger charge is -2.37. The summed E-state index contributed by atoms with van der Waals surface area (Å²) >= 11 is 5.93. The van der Waals surface area contributed by atoms with Gasteiger partial charge in [0.15, 0.2) is 0 Å². The number of rotatable bonds is 4. The van der Waals surface area contributed by atoms with Crippen molar-refractivity contribution < 1.29 is 14.6 Å². The molecule has 0 bridgehead atoms. The highest BCUT2D eigenvalue weighted by Gasteiger charge is 2.26. The van der Waals surface area contributed by atoms with E-state index in [1.165, 1.54) is 7.11 Å². The molecule has 5 nitrogen and oxygen atoms in total. The van der Waals surface area contributed by atoms with Crippen LogP contribution in [0.15, 0.2) is 18.2 Å². The second-order valence-electron chi connectivity index (χ2n) is 6.23. The van der Waals surface area contributed by atoms with E-state index in [2.05, 4.69) is 4.90 Å². The zero-order valence-electron chi connectivity index (χ0n) is 13.3. The second-order valence-corrected chi connectivity index (χ2v) is 6.66. The summed E-state index contributed by atoms with van der Waals surface area (Å²) in [7, 11) is 1.53. The topological polar surface area (TPSA) is 53.0 Å². The van der Waals surface area contributed by atoms with Gasteiger partial charge in [0.1, 0.15) is 5.75 Å². The van der Waals surface area contributed by atoms with Crippen LogP contribution in [0.2, 0.25) is 5.02 Å². The lowest BCUT2D eigenvalue weighted by atomic mass is 10.1. The number of methoxy groups -OCH3 is 1. The third-order valence-electron chi connectivity index (χ3n) is 3.66. The van der Waals surface area contributed by atoms with Crippen molar-refractivity contribution in [3.63, 3.8) is 0 Å². The number of nitrogens with zero attached hydrogens (tertiary/aromatic N) is 2. The molecule has 0 aromatic heterocycles. The standard InChI is InChI=1S/C16H23ClN2O3/c1-16(2,21)11-18-6-8-19(9-7-18)15(20)13-5-4-12(17)10-14(13)22-3/h4-5,10,21H,6-9,11H2,1-3H3. The number of carbonyl (C=O) groups is 1. The molecule has 2 rings (SSSR count). The first-order valence-electron chi connectivity index (χ1n) is 7.38. The second kappa shape index (κ2) is 6.86. The van der Waals surface area contributed by atoms with Crippen LogP contribution in [0.1, 0.15) is 24.2 Å². The zero-order chi connectivity index (χ0) is 16.3. The largest absolute Gasteiger partial charge is 0.496 e. The average Bonchev–Trinajstić information content (AvgIpc) is 2.45. The quantitative estimate of drug-likeness (QED) is 0.918. The van der Waals surface area contributed by atoms with Crippen LogP contribution in [-0.2, 0) is 0 Å². The van der Waals surface area contributed by atoms with Crippen LogP contribution < -0.4 is 4.74 Å². The Labute approximate surface area is 136 Å². The summed E-state index contributed by atoms with van der Waals surface area (Å²) < 4.78 is 5.25. The van der Waals surface area contributed by atoms with Gasteiger partial charge in [-0.15, -0.1) is 0 Å². The van der Waals surface area contributed by atoms with Gasteiger partial charge < -0.3 is 14.7 Å². The van der Waals surface area contributed by atoms with Crippen molar-refractivity contribution in [3.05, 3.63) is 28.8 Å². The fraction of sp³-hybridized carbons (Fsp3) is 0.562. The maximum atomic E-state index is 12.6. The predicted octanol–water partition coefficient (Wildman–Crippen LogP) is 1.88. The van der Waals surface area contributed by atoms with Crippen LogP contribution in [0, 0.1) is 0 Å². The van der Waals surface area contributed by atoms with E-state index in [4.69, 9.17) is 16.3 Å². The third-order valence-corrected chi connectivity index (χ3v) is 3.90. The normalized spacial score (nSPS) is 16.7. The van der Waals surface area contributed by atoms with Gasteiger partial charge in [0.25, 0.3) is 5.91 Å². The highest BCUT2D eigenvalue weighted by atomic mass is 35.5. The molecule has 0 atom stereocenters. The van der Waals surface area contributed by atoms with Crippen LogP contribution in [0.5, 0.6) is 5.75 Å². The fourth-order valence-electron chi connectivity index (χ4n) is 2.67. The van der Waals surface area contributed by atoms with E-state index in [-0.39, 0.29) is 5.91 Å². The summed E-state index contributed by atoms with van der Waals surface area (Å²) in [6.45, 7) is 6.99. The Hall–Kier alpha value is -1.30. The number of ether oxygens (including phenoxy) is 1. The summed E-state index contributed by atoms with van der Waals surface area (Å²) in [6.07, 6.45) is 0. The van der Waals surface area contributed by atoms with E-state index in [1.807, 2.05) is 4.90 Å². The number of amides is 1. The van der Waals surface area contributed by atoms with Crippen molar-refractivity contribution in [1.29, 1.82) is 0 Å². The molecule has 0 aliphatic carbocycles. The van der Waals surface area contributed by atoms with Gasteiger partial charge in [0, 0.05) is 37.7 Å². The number of halogens is 1. The number of hydrogen-bond donors (Lipinski definition) is 1. The van der Waals surface area contributed by atoms with Gasteiger partial charge in [-0.3, -0.25) is 9.69 Å². The zero-order valence-corrected chi connectivity index (χ0v) is 14.1. The van der Waals surface area contributed by atoms with Crippen molar-refractivity contribution in [3.8, 4) is 5.75 Å². The van der Waals surface area contributed by atoms with Crippen molar-refractivity contribution in [2.45, 2.75) is 19.4 Å².